The first kappa shape index (κ1) is 14.7. The molecule has 21 heavy (non-hydrogen) atoms. The van der Waals surface area contributed by atoms with Gasteiger partial charge in [-0.3, -0.25) is 9.59 Å². The van der Waals surface area contributed by atoms with Gasteiger partial charge in [-0.15, -0.1) is 0 Å². The number of rotatable bonds is 7. The number of aromatic nitrogens is 3. The molecule has 2 rings (SSSR count). The molecule has 0 aliphatic carbocycles. The highest BCUT2D eigenvalue weighted by atomic mass is 16.4. The first-order valence-corrected chi connectivity index (χ1v) is 6.62. The van der Waals surface area contributed by atoms with Crippen molar-refractivity contribution in [3.05, 3.63) is 36.9 Å². The highest BCUT2D eigenvalue weighted by Crippen LogP contribution is 2.19. The van der Waals surface area contributed by atoms with E-state index in [0.29, 0.717) is 24.9 Å². The molecule has 0 radical (unpaired) electrons. The van der Waals surface area contributed by atoms with Crippen molar-refractivity contribution in [1.82, 2.24) is 14.8 Å². The fraction of sp³-hybridized carbons (Fsp3) is 0.286. The molecular weight excluding hydrogens is 272 g/mol. The van der Waals surface area contributed by atoms with E-state index in [1.54, 1.807) is 17.1 Å². The van der Waals surface area contributed by atoms with Gasteiger partial charge in [-0.2, -0.15) is 5.10 Å². The molecule has 0 aliphatic rings. The van der Waals surface area contributed by atoms with Crippen molar-refractivity contribution in [2.75, 3.05) is 5.32 Å². The summed E-state index contributed by atoms with van der Waals surface area (Å²) in [6.45, 7) is 0. The van der Waals surface area contributed by atoms with Gasteiger partial charge in [-0.25, -0.2) is 9.67 Å². The summed E-state index contributed by atoms with van der Waals surface area (Å²) in [6.07, 6.45) is 4.39. The second-order valence-electron chi connectivity index (χ2n) is 4.51. The molecule has 0 saturated carbocycles. The molecule has 0 aliphatic heterocycles. The van der Waals surface area contributed by atoms with Gasteiger partial charge in [-0.05, 0) is 25.0 Å². The third kappa shape index (κ3) is 4.41. The highest BCUT2D eigenvalue weighted by molar-refractivity contribution is 5.92. The summed E-state index contributed by atoms with van der Waals surface area (Å²) in [4.78, 5) is 26.1. The maximum atomic E-state index is 11.9. The number of carbonyl (C=O) groups is 2. The zero-order valence-corrected chi connectivity index (χ0v) is 11.4. The Morgan fingerprint density at radius 1 is 1.19 bits per heavy atom. The summed E-state index contributed by atoms with van der Waals surface area (Å²) in [5, 5.41) is 15.4. The van der Waals surface area contributed by atoms with Gasteiger partial charge in [0.15, 0.2) is 0 Å². The summed E-state index contributed by atoms with van der Waals surface area (Å²) in [6, 6.07) is 7.28. The average molecular weight is 288 g/mol. The van der Waals surface area contributed by atoms with Crippen LogP contribution in [0.15, 0.2) is 36.9 Å². The monoisotopic (exact) mass is 288 g/mol. The molecular formula is C14H16N4O3. The third-order valence-corrected chi connectivity index (χ3v) is 2.89. The molecule has 7 heteroatoms. The Morgan fingerprint density at radius 2 is 1.95 bits per heavy atom. The molecule has 7 nitrogen and oxygen atoms in total. The smallest absolute Gasteiger partial charge is 0.303 e. The van der Waals surface area contributed by atoms with Crippen molar-refractivity contribution in [3.63, 3.8) is 0 Å². The lowest BCUT2D eigenvalue weighted by Crippen LogP contribution is -2.13. The largest absolute Gasteiger partial charge is 0.481 e. The molecule has 0 atom stereocenters. The number of unbranched alkanes of at least 4 members (excludes halogenated alkanes) is 1. The number of nitrogens with zero attached hydrogens (tertiary/aromatic N) is 3. The summed E-state index contributed by atoms with van der Waals surface area (Å²) < 4.78 is 1.57. The molecule has 2 aromatic rings. The normalized spacial score (nSPS) is 10.3. The van der Waals surface area contributed by atoms with Gasteiger partial charge in [0.2, 0.25) is 5.91 Å². The third-order valence-electron chi connectivity index (χ3n) is 2.89. The lowest BCUT2D eigenvalue weighted by atomic mass is 10.2. The van der Waals surface area contributed by atoms with Gasteiger partial charge < -0.3 is 10.4 Å². The quantitative estimate of drug-likeness (QED) is 0.758. The Morgan fingerprint density at radius 3 is 2.67 bits per heavy atom. The Hall–Kier alpha value is -2.70. The maximum absolute atomic E-state index is 11.9. The van der Waals surface area contributed by atoms with Gasteiger partial charge >= 0.3 is 5.97 Å². The summed E-state index contributed by atoms with van der Waals surface area (Å²) in [7, 11) is 0. The van der Waals surface area contributed by atoms with Crippen LogP contribution in [0.4, 0.5) is 5.69 Å². The van der Waals surface area contributed by atoms with E-state index in [1.165, 1.54) is 6.33 Å². The molecule has 0 saturated heterocycles. The fourth-order valence-electron chi connectivity index (χ4n) is 1.89. The van der Waals surface area contributed by atoms with Crippen LogP contribution in [0.5, 0.6) is 0 Å². The van der Waals surface area contributed by atoms with E-state index in [1.807, 2.05) is 18.2 Å². The number of benzene rings is 1. The molecule has 0 unspecified atom stereocenters. The van der Waals surface area contributed by atoms with E-state index < -0.39 is 5.97 Å². The minimum Gasteiger partial charge on any atom is -0.481 e. The van der Waals surface area contributed by atoms with Crippen LogP contribution in [-0.4, -0.2) is 31.7 Å². The second-order valence-corrected chi connectivity index (χ2v) is 4.51. The van der Waals surface area contributed by atoms with Crippen molar-refractivity contribution in [2.45, 2.75) is 25.7 Å². The van der Waals surface area contributed by atoms with Crippen LogP contribution in [0, 0.1) is 0 Å². The Labute approximate surface area is 121 Å². The number of hydrogen-bond donors (Lipinski definition) is 2. The van der Waals surface area contributed by atoms with E-state index in [-0.39, 0.29) is 12.3 Å². The van der Waals surface area contributed by atoms with Gasteiger partial charge in [0.1, 0.15) is 12.7 Å². The highest BCUT2D eigenvalue weighted by Gasteiger charge is 2.08. The van der Waals surface area contributed by atoms with E-state index in [4.69, 9.17) is 5.11 Å². The van der Waals surface area contributed by atoms with Crippen molar-refractivity contribution in [1.29, 1.82) is 0 Å². The summed E-state index contributed by atoms with van der Waals surface area (Å²) in [5.41, 5.74) is 1.38. The van der Waals surface area contributed by atoms with Crippen molar-refractivity contribution >= 4 is 17.6 Å². The summed E-state index contributed by atoms with van der Waals surface area (Å²) >= 11 is 0. The van der Waals surface area contributed by atoms with Crippen LogP contribution in [0.25, 0.3) is 5.69 Å². The van der Waals surface area contributed by atoms with E-state index in [2.05, 4.69) is 15.4 Å². The maximum Gasteiger partial charge on any atom is 0.303 e. The number of carboxylic acids is 1. The van der Waals surface area contributed by atoms with Crippen molar-refractivity contribution in [2.24, 2.45) is 0 Å². The number of carboxylic acid groups (broad SMARTS) is 1. The van der Waals surface area contributed by atoms with E-state index >= 15 is 0 Å². The minimum absolute atomic E-state index is 0.0861. The summed E-state index contributed by atoms with van der Waals surface area (Å²) in [5.74, 6) is -0.986. The zero-order chi connectivity index (χ0) is 15.1. The van der Waals surface area contributed by atoms with Crippen LogP contribution in [0.1, 0.15) is 25.7 Å². The number of amides is 1. The molecule has 1 aromatic heterocycles. The van der Waals surface area contributed by atoms with Crippen LogP contribution < -0.4 is 5.32 Å². The van der Waals surface area contributed by atoms with E-state index in [0.717, 1.165) is 5.69 Å². The van der Waals surface area contributed by atoms with Gasteiger partial charge in [-0.1, -0.05) is 12.1 Å². The topological polar surface area (TPSA) is 97.1 Å². The molecule has 1 heterocycles. The standard InChI is InChI=1S/C14H16N4O3/c19-13(7-3-4-8-14(20)21)17-11-5-1-2-6-12(11)18-10-15-9-16-18/h1-2,5-6,9-10H,3-4,7-8H2,(H,17,19)(H,20,21). The van der Waals surface area contributed by atoms with Gasteiger partial charge in [0.05, 0.1) is 11.4 Å². The first-order valence-electron chi connectivity index (χ1n) is 6.62. The molecule has 1 amide bonds. The number of hydrogen-bond acceptors (Lipinski definition) is 4. The average Bonchev–Trinajstić information content (AvgIpc) is 2.98. The van der Waals surface area contributed by atoms with Gasteiger partial charge in [0, 0.05) is 12.8 Å². The van der Waals surface area contributed by atoms with Gasteiger partial charge in [0.25, 0.3) is 0 Å². The lowest BCUT2D eigenvalue weighted by molar-refractivity contribution is -0.137. The fourth-order valence-corrected chi connectivity index (χ4v) is 1.89. The molecule has 0 bridgehead atoms. The number of carbonyl (C=O) groups excluding carboxylic acids is 1. The Kier molecular flexibility index (Phi) is 5.03. The molecule has 2 N–H and O–H groups in total. The van der Waals surface area contributed by atoms with Crippen molar-refractivity contribution < 1.29 is 14.7 Å². The molecule has 110 valence electrons. The molecule has 0 spiro atoms. The van der Waals surface area contributed by atoms with E-state index in [9.17, 15) is 9.59 Å². The molecule has 1 aromatic carbocycles. The number of anilines is 1. The minimum atomic E-state index is -0.841. The number of aliphatic carboxylic acids is 1. The van der Waals surface area contributed by atoms with Crippen molar-refractivity contribution in [3.8, 4) is 5.69 Å². The Bertz CT molecular complexity index is 610. The predicted octanol–water partition coefficient (Wildman–Crippen LogP) is 1.85. The second kappa shape index (κ2) is 7.18. The molecule has 0 fully saturated rings. The lowest BCUT2D eigenvalue weighted by Gasteiger charge is -2.10. The number of para-hydroxylation sites is 2. The SMILES string of the molecule is O=C(O)CCCCC(=O)Nc1ccccc1-n1cncn1. The van der Waals surface area contributed by atoms with Crippen LogP contribution in [0.3, 0.4) is 0 Å². The van der Waals surface area contributed by atoms with Crippen LogP contribution in [0.2, 0.25) is 0 Å². The predicted molar refractivity (Wildman–Crippen MR) is 76.1 cm³/mol. The number of nitrogens with one attached hydrogen (secondary N) is 1. The van der Waals surface area contributed by atoms with Crippen LogP contribution in [-0.2, 0) is 9.59 Å². The Balaban J connectivity index is 1.94. The first-order chi connectivity index (χ1) is 10.2. The van der Waals surface area contributed by atoms with Crippen LogP contribution >= 0.6 is 0 Å². The zero-order valence-electron chi connectivity index (χ0n) is 11.4.